The molecule has 31 heavy (non-hydrogen) atoms. The van der Waals surface area contributed by atoms with Crippen molar-refractivity contribution in [1.82, 2.24) is 20.1 Å². The van der Waals surface area contributed by atoms with Gasteiger partial charge in [-0.3, -0.25) is 14.4 Å². The molecule has 4 aromatic rings. The molecule has 9 heteroatoms. The van der Waals surface area contributed by atoms with Crippen molar-refractivity contribution in [3.8, 4) is 5.69 Å². The van der Waals surface area contributed by atoms with Crippen LogP contribution in [0, 0.1) is 5.82 Å². The summed E-state index contributed by atoms with van der Waals surface area (Å²) in [6.07, 6.45) is 2.85. The quantitative estimate of drug-likeness (QED) is 0.443. The Kier molecular flexibility index (Phi) is 5.31. The molecular weight excluding hydrogens is 401 g/mol. The van der Waals surface area contributed by atoms with Crippen molar-refractivity contribution in [1.29, 1.82) is 0 Å². The second-order valence-electron chi connectivity index (χ2n) is 6.95. The lowest BCUT2D eigenvalue weighted by molar-refractivity contribution is -0.118. The van der Waals surface area contributed by atoms with Crippen molar-refractivity contribution in [2.75, 3.05) is 0 Å². The van der Waals surface area contributed by atoms with Crippen LogP contribution in [-0.4, -0.2) is 26.6 Å². The molecule has 1 atom stereocenters. The molecule has 0 fully saturated rings. The number of carbonyl (C=O) groups excluding carboxylic acids is 2. The minimum absolute atomic E-state index is 0.136. The molecule has 0 saturated carbocycles. The van der Waals surface area contributed by atoms with Gasteiger partial charge in [-0.2, -0.15) is 5.10 Å². The molecule has 0 spiro atoms. The summed E-state index contributed by atoms with van der Waals surface area (Å²) in [7, 11) is 0. The van der Waals surface area contributed by atoms with Gasteiger partial charge in [0.2, 0.25) is 11.5 Å². The number of amides is 2. The number of rotatable bonds is 6. The average molecular weight is 419 g/mol. The SMILES string of the molecule is NC(=O)CC(NC(=O)c1cccc2c1cnn2-c1ccc(F)cc1)c1ccc(=O)[nH]c1. The number of nitrogens with two attached hydrogens (primary N) is 1. The number of fused-ring (bicyclic) bond motifs is 1. The molecule has 4 rings (SSSR count). The summed E-state index contributed by atoms with van der Waals surface area (Å²) in [5.41, 5.74) is 7.24. The summed E-state index contributed by atoms with van der Waals surface area (Å²) >= 11 is 0. The van der Waals surface area contributed by atoms with Crippen LogP contribution in [0.1, 0.15) is 28.4 Å². The lowest BCUT2D eigenvalue weighted by atomic mass is 10.0. The number of hydrogen-bond acceptors (Lipinski definition) is 4. The number of nitrogens with one attached hydrogen (secondary N) is 2. The van der Waals surface area contributed by atoms with E-state index in [-0.39, 0.29) is 17.8 Å². The fourth-order valence-electron chi connectivity index (χ4n) is 3.37. The maximum absolute atomic E-state index is 13.3. The van der Waals surface area contributed by atoms with Gasteiger partial charge in [-0.15, -0.1) is 0 Å². The molecule has 2 heterocycles. The van der Waals surface area contributed by atoms with Crippen LogP contribution in [0.25, 0.3) is 16.6 Å². The summed E-state index contributed by atoms with van der Waals surface area (Å²) in [4.78, 5) is 38.4. The number of nitrogens with zero attached hydrogens (tertiary/aromatic N) is 2. The molecule has 0 radical (unpaired) electrons. The molecule has 0 bridgehead atoms. The van der Waals surface area contributed by atoms with E-state index >= 15 is 0 Å². The third-order valence-corrected chi connectivity index (χ3v) is 4.85. The third-order valence-electron chi connectivity index (χ3n) is 4.85. The standard InChI is InChI=1S/C22H18FN5O3/c23-14-5-7-15(8-6-14)28-19-3-1-2-16(17(19)12-26-28)22(31)27-18(10-20(24)29)13-4-9-21(30)25-11-13/h1-9,11-12,18H,10H2,(H2,24,29)(H,25,30)(H,27,31). The van der Waals surface area contributed by atoms with Crippen LogP contribution < -0.4 is 16.6 Å². The van der Waals surface area contributed by atoms with E-state index in [1.165, 1.54) is 30.5 Å². The zero-order chi connectivity index (χ0) is 22.0. The first kappa shape index (κ1) is 20.0. The van der Waals surface area contributed by atoms with Crippen LogP contribution in [0.3, 0.4) is 0 Å². The average Bonchev–Trinajstić information content (AvgIpc) is 3.18. The predicted molar refractivity (Wildman–Crippen MR) is 112 cm³/mol. The van der Waals surface area contributed by atoms with Crippen molar-refractivity contribution >= 4 is 22.7 Å². The van der Waals surface area contributed by atoms with Gasteiger partial charge >= 0.3 is 0 Å². The second kappa shape index (κ2) is 8.23. The van der Waals surface area contributed by atoms with E-state index in [0.29, 0.717) is 27.7 Å². The highest BCUT2D eigenvalue weighted by Gasteiger charge is 2.20. The number of aromatic nitrogens is 3. The molecule has 2 aromatic heterocycles. The van der Waals surface area contributed by atoms with Gasteiger partial charge in [0.15, 0.2) is 0 Å². The maximum atomic E-state index is 13.3. The fraction of sp³-hybridized carbons (Fsp3) is 0.0909. The number of hydrogen-bond donors (Lipinski definition) is 3. The number of pyridine rings is 1. The Morgan fingerprint density at radius 3 is 2.58 bits per heavy atom. The van der Waals surface area contributed by atoms with Crippen LogP contribution in [0.2, 0.25) is 0 Å². The van der Waals surface area contributed by atoms with Gasteiger partial charge in [-0.1, -0.05) is 12.1 Å². The number of carbonyl (C=O) groups is 2. The molecule has 2 amide bonds. The van der Waals surface area contributed by atoms with Crippen molar-refractivity contribution < 1.29 is 14.0 Å². The lowest BCUT2D eigenvalue weighted by Crippen LogP contribution is -2.32. The lowest BCUT2D eigenvalue weighted by Gasteiger charge is -2.18. The van der Waals surface area contributed by atoms with Crippen LogP contribution in [0.5, 0.6) is 0 Å². The summed E-state index contributed by atoms with van der Waals surface area (Å²) in [5, 5.41) is 7.72. The Balaban J connectivity index is 1.68. The first-order valence-corrected chi connectivity index (χ1v) is 9.43. The molecule has 0 aliphatic carbocycles. The first-order chi connectivity index (χ1) is 14.9. The largest absolute Gasteiger partial charge is 0.370 e. The predicted octanol–water partition coefficient (Wildman–Crippen LogP) is 2.20. The molecule has 1 unspecified atom stereocenters. The Hall–Kier alpha value is -4.27. The third kappa shape index (κ3) is 4.20. The molecule has 0 saturated heterocycles. The van der Waals surface area contributed by atoms with Gasteiger partial charge in [0, 0.05) is 17.6 Å². The normalized spacial score (nSPS) is 11.9. The van der Waals surface area contributed by atoms with Gasteiger partial charge in [0.05, 0.1) is 35.4 Å². The van der Waals surface area contributed by atoms with E-state index in [2.05, 4.69) is 15.4 Å². The summed E-state index contributed by atoms with van der Waals surface area (Å²) in [6.45, 7) is 0. The Morgan fingerprint density at radius 2 is 1.90 bits per heavy atom. The number of primary amides is 1. The van der Waals surface area contributed by atoms with E-state index < -0.39 is 17.9 Å². The smallest absolute Gasteiger partial charge is 0.252 e. The van der Waals surface area contributed by atoms with E-state index in [1.54, 1.807) is 41.2 Å². The first-order valence-electron chi connectivity index (χ1n) is 9.43. The molecule has 4 N–H and O–H groups in total. The molecule has 2 aromatic carbocycles. The van der Waals surface area contributed by atoms with Crippen molar-refractivity contribution in [3.05, 3.63) is 94.3 Å². The van der Waals surface area contributed by atoms with E-state index in [0.717, 1.165) is 0 Å². The van der Waals surface area contributed by atoms with E-state index in [1.807, 2.05) is 0 Å². The second-order valence-corrected chi connectivity index (χ2v) is 6.95. The molecule has 0 aliphatic heterocycles. The highest BCUT2D eigenvalue weighted by molar-refractivity contribution is 6.06. The molecule has 8 nitrogen and oxygen atoms in total. The van der Waals surface area contributed by atoms with Gasteiger partial charge in [0.1, 0.15) is 5.82 Å². The van der Waals surface area contributed by atoms with Gasteiger partial charge in [-0.05, 0) is 42.0 Å². The van der Waals surface area contributed by atoms with Gasteiger partial charge in [0.25, 0.3) is 5.91 Å². The molecule has 156 valence electrons. The molecule has 0 aliphatic rings. The van der Waals surface area contributed by atoms with Crippen LogP contribution in [0.4, 0.5) is 4.39 Å². The van der Waals surface area contributed by atoms with Crippen LogP contribution in [-0.2, 0) is 4.79 Å². The summed E-state index contributed by atoms with van der Waals surface area (Å²) < 4.78 is 14.9. The number of H-pyrrole nitrogens is 1. The van der Waals surface area contributed by atoms with Crippen molar-refractivity contribution in [2.45, 2.75) is 12.5 Å². The molecular formula is C22H18FN5O3. The zero-order valence-corrected chi connectivity index (χ0v) is 16.2. The van der Waals surface area contributed by atoms with E-state index in [9.17, 15) is 18.8 Å². The van der Waals surface area contributed by atoms with E-state index in [4.69, 9.17) is 5.73 Å². The van der Waals surface area contributed by atoms with Gasteiger partial charge in [-0.25, -0.2) is 9.07 Å². The van der Waals surface area contributed by atoms with Crippen molar-refractivity contribution in [2.24, 2.45) is 5.73 Å². The summed E-state index contributed by atoms with van der Waals surface area (Å²) in [6, 6.07) is 13.1. The number of aromatic amines is 1. The highest BCUT2D eigenvalue weighted by Crippen LogP contribution is 2.23. The summed E-state index contributed by atoms with van der Waals surface area (Å²) in [5.74, 6) is -1.39. The van der Waals surface area contributed by atoms with Gasteiger partial charge < -0.3 is 16.0 Å². The highest BCUT2D eigenvalue weighted by atomic mass is 19.1. The Bertz CT molecular complexity index is 1310. The topological polar surface area (TPSA) is 123 Å². The minimum atomic E-state index is -0.718. The van der Waals surface area contributed by atoms with Crippen LogP contribution >= 0.6 is 0 Å². The Labute approximate surface area is 175 Å². The number of halogens is 1. The maximum Gasteiger partial charge on any atom is 0.252 e. The minimum Gasteiger partial charge on any atom is -0.370 e. The zero-order valence-electron chi connectivity index (χ0n) is 16.2. The fourth-order valence-corrected chi connectivity index (χ4v) is 3.37. The van der Waals surface area contributed by atoms with Crippen molar-refractivity contribution in [3.63, 3.8) is 0 Å². The Morgan fingerprint density at radius 1 is 1.13 bits per heavy atom. The van der Waals surface area contributed by atoms with Crippen LogP contribution in [0.15, 0.2) is 71.8 Å². The number of benzene rings is 2. The monoisotopic (exact) mass is 419 g/mol.